The van der Waals surface area contributed by atoms with Gasteiger partial charge < -0.3 is 14.6 Å². The number of imidazole rings is 1. The minimum atomic E-state index is -0.541. The van der Waals surface area contributed by atoms with E-state index in [2.05, 4.69) is 11.1 Å². The SMILES string of the molecule is CC(C)(C)OC(=O)N1CC[C@H](n2c(=O)[nH]c3cc(C#N)ccc32)C1. The van der Waals surface area contributed by atoms with Crippen LogP contribution in [0.1, 0.15) is 38.8 Å². The number of carbonyl (C=O) groups is 1. The lowest BCUT2D eigenvalue weighted by Gasteiger charge is -2.24. The Kier molecular flexibility index (Phi) is 3.84. The fraction of sp³-hybridized carbons (Fsp3) is 0.471. The summed E-state index contributed by atoms with van der Waals surface area (Å²) in [6, 6.07) is 7.07. The van der Waals surface area contributed by atoms with Gasteiger partial charge in [-0.2, -0.15) is 5.26 Å². The predicted molar refractivity (Wildman–Crippen MR) is 88.7 cm³/mol. The average Bonchev–Trinajstić information content (AvgIpc) is 3.07. The van der Waals surface area contributed by atoms with Crippen LogP contribution in [0.25, 0.3) is 11.0 Å². The lowest BCUT2D eigenvalue weighted by molar-refractivity contribution is 0.0289. The summed E-state index contributed by atoms with van der Waals surface area (Å²) in [7, 11) is 0. The first kappa shape index (κ1) is 16.1. The van der Waals surface area contributed by atoms with Crippen LogP contribution in [0, 0.1) is 11.3 Å². The van der Waals surface area contributed by atoms with Crippen LogP contribution in [0.3, 0.4) is 0 Å². The molecule has 0 bridgehead atoms. The number of hydrogen-bond donors (Lipinski definition) is 1. The van der Waals surface area contributed by atoms with Gasteiger partial charge in [0.25, 0.3) is 0 Å². The number of likely N-dealkylation sites (tertiary alicyclic amines) is 1. The molecule has 7 heteroatoms. The van der Waals surface area contributed by atoms with Crippen molar-refractivity contribution in [2.75, 3.05) is 13.1 Å². The number of aromatic nitrogens is 2. The maximum atomic E-state index is 12.3. The van der Waals surface area contributed by atoms with Crippen LogP contribution in [-0.2, 0) is 4.74 Å². The van der Waals surface area contributed by atoms with Gasteiger partial charge in [0.1, 0.15) is 5.60 Å². The topological polar surface area (TPSA) is 91.1 Å². The molecule has 1 N–H and O–H groups in total. The molecule has 126 valence electrons. The Labute approximate surface area is 139 Å². The first-order valence-corrected chi connectivity index (χ1v) is 7.91. The molecule has 1 atom stereocenters. The average molecular weight is 328 g/mol. The summed E-state index contributed by atoms with van der Waals surface area (Å²) >= 11 is 0. The number of hydrogen-bond acceptors (Lipinski definition) is 4. The number of benzene rings is 1. The quantitative estimate of drug-likeness (QED) is 0.870. The number of rotatable bonds is 1. The standard InChI is InChI=1S/C17H20N4O3/c1-17(2,3)24-16(23)20-7-6-12(10-20)21-14-5-4-11(9-18)8-13(14)19-15(21)22/h4-5,8,12H,6-7,10H2,1-3H3,(H,19,22)/t12-/m0/s1. The summed E-state index contributed by atoms with van der Waals surface area (Å²) in [5, 5.41) is 8.97. The van der Waals surface area contributed by atoms with Crippen molar-refractivity contribution in [3.63, 3.8) is 0 Å². The molecular weight excluding hydrogens is 308 g/mol. The van der Waals surface area contributed by atoms with Crippen molar-refractivity contribution in [3.8, 4) is 6.07 Å². The van der Waals surface area contributed by atoms with Gasteiger partial charge in [-0.1, -0.05) is 0 Å². The molecule has 0 saturated carbocycles. The first-order chi connectivity index (χ1) is 11.3. The first-order valence-electron chi connectivity index (χ1n) is 7.91. The Balaban J connectivity index is 1.85. The van der Waals surface area contributed by atoms with Crippen molar-refractivity contribution in [1.82, 2.24) is 14.5 Å². The number of amides is 1. The van der Waals surface area contributed by atoms with Gasteiger partial charge in [-0.3, -0.25) is 4.57 Å². The minimum absolute atomic E-state index is 0.105. The van der Waals surface area contributed by atoms with Gasteiger partial charge in [0.05, 0.1) is 28.7 Å². The number of carbonyl (C=O) groups excluding carboxylic acids is 1. The molecular formula is C17H20N4O3. The number of nitrogens with zero attached hydrogens (tertiary/aromatic N) is 3. The van der Waals surface area contributed by atoms with Crippen molar-refractivity contribution >= 4 is 17.1 Å². The summed E-state index contributed by atoms with van der Waals surface area (Å²) in [4.78, 5) is 28.9. The molecule has 1 amide bonds. The fourth-order valence-corrected chi connectivity index (χ4v) is 3.01. The van der Waals surface area contributed by atoms with E-state index in [0.717, 1.165) is 5.52 Å². The van der Waals surface area contributed by atoms with Crippen LogP contribution in [0.4, 0.5) is 4.79 Å². The summed E-state index contributed by atoms with van der Waals surface area (Å²) < 4.78 is 7.06. The van der Waals surface area contributed by atoms with E-state index in [9.17, 15) is 9.59 Å². The number of ether oxygens (including phenoxy) is 1. The molecule has 1 aliphatic rings. The molecule has 2 aromatic rings. The summed E-state index contributed by atoms with van der Waals surface area (Å²) in [5.41, 5.74) is 1.11. The van der Waals surface area contributed by atoms with Crippen molar-refractivity contribution < 1.29 is 9.53 Å². The second-order valence-electron chi connectivity index (χ2n) is 7.01. The number of nitrogens with one attached hydrogen (secondary N) is 1. The highest BCUT2D eigenvalue weighted by atomic mass is 16.6. The molecule has 0 unspecified atom stereocenters. The lowest BCUT2D eigenvalue weighted by Crippen LogP contribution is -2.36. The molecule has 3 rings (SSSR count). The second-order valence-corrected chi connectivity index (χ2v) is 7.01. The van der Waals surface area contributed by atoms with Gasteiger partial charge in [-0.25, -0.2) is 9.59 Å². The molecule has 2 heterocycles. The molecule has 1 aliphatic heterocycles. The van der Waals surface area contributed by atoms with Gasteiger partial charge in [-0.05, 0) is 45.4 Å². The van der Waals surface area contributed by atoms with Crippen molar-refractivity contribution in [1.29, 1.82) is 5.26 Å². The largest absolute Gasteiger partial charge is 0.444 e. The fourth-order valence-electron chi connectivity index (χ4n) is 3.01. The summed E-state index contributed by atoms with van der Waals surface area (Å²) in [6.45, 7) is 6.47. The van der Waals surface area contributed by atoms with E-state index >= 15 is 0 Å². The van der Waals surface area contributed by atoms with Crippen LogP contribution < -0.4 is 5.69 Å². The van der Waals surface area contributed by atoms with E-state index < -0.39 is 5.60 Å². The van der Waals surface area contributed by atoms with Gasteiger partial charge in [-0.15, -0.1) is 0 Å². The Bertz CT molecular complexity index is 882. The maximum absolute atomic E-state index is 12.3. The predicted octanol–water partition coefficient (Wildman–Crippen LogP) is 2.38. The van der Waals surface area contributed by atoms with E-state index in [4.69, 9.17) is 10.00 Å². The van der Waals surface area contributed by atoms with E-state index in [1.165, 1.54) is 0 Å². The highest BCUT2D eigenvalue weighted by molar-refractivity contribution is 5.77. The van der Waals surface area contributed by atoms with Gasteiger partial charge in [0, 0.05) is 13.1 Å². The molecule has 0 aliphatic carbocycles. The molecule has 7 nitrogen and oxygen atoms in total. The molecule has 0 spiro atoms. The molecule has 1 aromatic carbocycles. The van der Waals surface area contributed by atoms with E-state index in [-0.39, 0.29) is 17.8 Å². The Hall–Kier alpha value is -2.75. The number of aromatic amines is 1. The Morgan fingerprint density at radius 2 is 2.17 bits per heavy atom. The zero-order valence-corrected chi connectivity index (χ0v) is 14.0. The third-order valence-electron chi connectivity index (χ3n) is 4.03. The van der Waals surface area contributed by atoms with Gasteiger partial charge in [0.15, 0.2) is 0 Å². The van der Waals surface area contributed by atoms with E-state index in [1.807, 2.05) is 20.8 Å². The Morgan fingerprint density at radius 3 is 2.83 bits per heavy atom. The van der Waals surface area contributed by atoms with Crippen LogP contribution in [0.5, 0.6) is 0 Å². The third-order valence-corrected chi connectivity index (χ3v) is 4.03. The van der Waals surface area contributed by atoms with Crippen LogP contribution >= 0.6 is 0 Å². The summed E-state index contributed by atoms with van der Waals surface area (Å²) in [5.74, 6) is 0. The van der Waals surface area contributed by atoms with Crippen LogP contribution in [0.15, 0.2) is 23.0 Å². The van der Waals surface area contributed by atoms with Crippen LogP contribution in [-0.4, -0.2) is 39.2 Å². The van der Waals surface area contributed by atoms with E-state index in [1.54, 1.807) is 27.7 Å². The lowest BCUT2D eigenvalue weighted by atomic mass is 10.2. The zero-order chi connectivity index (χ0) is 17.5. The Morgan fingerprint density at radius 1 is 1.42 bits per heavy atom. The van der Waals surface area contributed by atoms with E-state index in [0.29, 0.717) is 30.6 Å². The second kappa shape index (κ2) is 5.71. The van der Waals surface area contributed by atoms with Gasteiger partial charge >= 0.3 is 11.8 Å². The highest BCUT2D eigenvalue weighted by Crippen LogP contribution is 2.25. The summed E-state index contributed by atoms with van der Waals surface area (Å²) in [6.07, 6.45) is 0.330. The number of H-pyrrole nitrogens is 1. The van der Waals surface area contributed by atoms with Crippen molar-refractivity contribution in [2.45, 2.75) is 38.8 Å². The molecule has 24 heavy (non-hydrogen) atoms. The molecule has 1 fully saturated rings. The van der Waals surface area contributed by atoms with Gasteiger partial charge in [0.2, 0.25) is 0 Å². The minimum Gasteiger partial charge on any atom is -0.444 e. The molecule has 0 radical (unpaired) electrons. The maximum Gasteiger partial charge on any atom is 0.410 e. The van der Waals surface area contributed by atoms with Crippen molar-refractivity contribution in [3.05, 3.63) is 34.2 Å². The monoisotopic (exact) mass is 328 g/mol. The van der Waals surface area contributed by atoms with Crippen molar-refractivity contribution in [2.24, 2.45) is 0 Å². The third kappa shape index (κ3) is 3.00. The normalized spacial score (nSPS) is 17.9. The number of nitriles is 1. The highest BCUT2D eigenvalue weighted by Gasteiger charge is 2.32. The number of fused-ring (bicyclic) bond motifs is 1. The smallest absolute Gasteiger partial charge is 0.410 e. The molecule has 1 aromatic heterocycles. The zero-order valence-electron chi connectivity index (χ0n) is 14.0. The molecule has 1 saturated heterocycles. The van der Waals surface area contributed by atoms with Crippen LogP contribution in [0.2, 0.25) is 0 Å².